The van der Waals surface area contributed by atoms with Gasteiger partial charge >= 0.3 is 5.97 Å². The number of carbonyl (C=O) groups is 1. The van der Waals surface area contributed by atoms with E-state index in [0.29, 0.717) is 38.2 Å². The molecule has 0 radical (unpaired) electrons. The number of hydrogen-bond donors (Lipinski definition) is 0. The van der Waals surface area contributed by atoms with Crippen molar-refractivity contribution in [2.75, 3.05) is 13.2 Å². The highest BCUT2D eigenvalue weighted by Gasteiger charge is 2.53. The third-order valence-electron chi connectivity index (χ3n) is 11.0. The van der Waals surface area contributed by atoms with Crippen LogP contribution in [0.1, 0.15) is 82.6 Å². The van der Waals surface area contributed by atoms with Crippen LogP contribution in [-0.2, 0) is 30.0 Å². The number of ether oxygens (including phenoxy) is 4. The molecule has 2 aliphatic heterocycles. The van der Waals surface area contributed by atoms with Crippen molar-refractivity contribution in [2.45, 2.75) is 102 Å². The van der Waals surface area contributed by atoms with Crippen LogP contribution < -0.4 is 10.4 Å². The molecule has 4 aromatic carbocycles. The minimum atomic E-state index is -2.74. The number of hydrogen-bond acceptors (Lipinski definition) is 6. The van der Waals surface area contributed by atoms with Crippen molar-refractivity contribution in [3.63, 3.8) is 0 Å². The normalized spacial score (nSPS) is 24.3. The first kappa shape index (κ1) is 38.1. The van der Waals surface area contributed by atoms with Crippen LogP contribution in [0.15, 0.2) is 121 Å². The molecule has 52 heavy (non-hydrogen) atoms. The molecule has 0 aromatic heterocycles. The van der Waals surface area contributed by atoms with Gasteiger partial charge in [0.1, 0.15) is 6.10 Å². The van der Waals surface area contributed by atoms with E-state index in [1.165, 1.54) is 10.4 Å². The molecule has 6 atom stereocenters. The first-order chi connectivity index (χ1) is 25.1. The second kappa shape index (κ2) is 17.0. The number of benzene rings is 4. The van der Waals surface area contributed by atoms with Gasteiger partial charge in [0.15, 0.2) is 5.79 Å². The minimum absolute atomic E-state index is 0.0302. The van der Waals surface area contributed by atoms with E-state index in [0.717, 1.165) is 24.8 Å². The Hall–Kier alpha value is -3.59. The Morgan fingerprint density at radius 2 is 1.42 bits per heavy atom. The Morgan fingerprint density at radius 3 is 2.02 bits per heavy atom. The lowest BCUT2D eigenvalue weighted by atomic mass is 9.83. The van der Waals surface area contributed by atoms with Gasteiger partial charge in [-0.05, 0) is 52.4 Å². The van der Waals surface area contributed by atoms with Crippen LogP contribution in [0, 0.1) is 11.8 Å². The second-order valence-corrected chi connectivity index (χ2v) is 20.1. The standard InChI is InChI=1S/C45H56O6Si/c1-34(32-47-33-36-19-10-6-11-20-36)40-27-18-29-45(50-40)31-42(49-43(46)37-21-12-7-13-22-37)35(2)41(51-45)28-30-48-52(44(3,4)5,38-23-14-8-15-24-38)39-25-16-9-17-26-39/h6-17,19-26,34-35,40-42H,18,27-33H2,1-5H3/t34-,35-,40-,41-,42-,45+/m1/s1. The van der Waals surface area contributed by atoms with Gasteiger partial charge in [-0.2, -0.15) is 0 Å². The summed E-state index contributed by atoms with van der Waals surface area (Å²) in [6.07, 6.45) is 3.16. The molecule has 2 saturated heterocycles. The van der Waals surface area contributed by atoms with E-state index < -0.39 is 14.1 Å². The van der Waals surface area contributed by atoms with Crippen molar-refractivity contribution in [3.8, 4) is 0 Å². The van der Waals surface area contributed by atoms with Crippen LogP contribution >= 0.6 is 0 Å². The zero-order valence-corrected chi connectivity index (χ0v) is 32.5. The van der Waals surface area contributed by atoms with Crippen LogP contribution in [0.4, 0.5) is 0 Å². The van der Waals surface area contributed by atoms with Gasteiger partial charge in [-0.25, -0.2) is 4.79 Å². The molecule has 0 N–H and O–H groups in total. The van der Waals surface area contributed by atoms with Crippen molar-refractivity contribution in [1.29, 1.82) is 0 Å². The topological polar surface area (TPSA) is 63.2 Å². The second-order valence-electron chi connectivity index (χ2n) is 15.8. The average Bonchev–Trinajstić information content (AvgIpc) is 3.16. The molecule has 2 fully saturated rings. The van der Waals surface area contributed by atoms with Crippen molar-refractivity contribution in [3.05, 3.63) is 132 Å². The van der Waals surface area contributed by atoms with E-state index in [2.05, 4.69) is 107 Å². The fourth-order valence-corrected chi connectivity index (χ4v) is 12.7. The Bertz CT molecular complexity index is 1640. The fourth-order valence-electron chi connectivity index (χ4n) is 8.15. The highest BCUT2D eigenvalue weighted by molar-refractivity contribution is 6.99. The van der Waals surface area contributed by atoms with Crippen LogP contribution in [0.25, 0.3) is 0 Å². The summed E-state index contributed by atoms with van der Waals surface area (Å²) in [6.45, 7) is 12.9. The summed E-state index contributed by atoms with van der Waals surface area (Å²) >= 11 is 0. The molecule has 0 saturated carbocycles. The lowest BCUT2D eigenvalue weighted by molar-refractivity contribution is -0.344. The molecule has 6 nitrogen and oxygen atoms in total. The van der Waals surface area contributed by atoms with Gasteiger partial charge in [0, 0.05) is 31.3 Å². The summed E-state index contributed by atoms with van der Waals surface area (Å²) in [5.74, 6) is -1.05. The summed E-state index contributed by atoms with van der Waals surface area (Å²) < 4.78 is 33.9. The third kappa shape index (κ3) is 8.78. The molecule has 2 aliphatic rings. The van der Waals surface area contributed by atoms with Crippen molar-refractivity contribution in [1.82, 2.24) is 0 Å². The van der Waals surface area contributed by atoms with Gasteiger partial charge in [0.05, 0.1) is 31.0 Å². The summed E-state index contributed by atoms with van der Waals surface area (Å²) in [5, 5.41) is 2.36. The van der Waals surface area contributed by atoms with Gasteiger partial charge in [-0.15, -0.1) is 0 Å². The molecule has 4 aromatic rings. The average molecular weight is 721 g/mol. The maximum Gasteiger partial charge on any atom is 0.338 e. The van der Waals surface area contributed by atoms with Gasteiger partial charge in [0.2, 0.25) is 0 Å². The van der Waals surface area contributed by atoms with Gasteiger partial charge in [-0.3, -0.25) is 0 Å². The number of rotatable bonds is 13. The Labute approximate surface area is 311 Å². The lowest BCUT2D eigenvalue weighted by Crippen LogP contribution is -2.66. The van der Waals surface area contributed by atoms with Crippen molar-refractivity contribution >= 4 is 24.7 Å². The number of esters is 1. The molecular weight excluding hydrogens is 665 g/mol. The van der Waals surface area contributed by atoms with Crippen molar-refractivity contribution < 1.29 is 28.2 Å². The lowest BCUT2D eigenvalue weighted by Gasteiger charge is -2.51. The van der Waals surface area contributed by atoms with Crippen molar-refractivity contribution in [2.24, 2.45) is 11.8 Å². The molecule has 0 aliphatic carbocycles. The molecule has 0 unspecified atom stereocenters. The molecular formula is C45H56O6Si. The highest BCUT2D eigenvalue weighted by atomic mass is 28.4. The first-order valence-corrected chi connectivity index (χ1v) is 21.0. The third-order valence-corrected chi connectivity index (χ3v) is 16.0. The van der Waals surface area contributed by atoms with E-state index in [-0.39, 0.29) is 41.2 Å². The molecule has 0 amide bonds. The van der Waals surface area contributed by atoms with Crippen LogP contribution in [0.5, 0.6) is 0 Å². The quantitative estimate of drug-likeness (QED) is 0.102. The van der Waals surface area contributed by atoms with Crippen LogP contribution in [-0.4, -0.2) is 51.6 Å². The Morgan fingerprint density at radius 1 is 0.846 bits per heavy atom. The van der Waals surface area contributed by atoms with Crippen LogP contribution in [0.3, 0.4) is 0 Å². The van der Waals surface area contributed by atoms with Gasteiger partial charge in [-0.1, -0.05) is 144 Å². The highest BCUT2D eigenvalue weighted by Crippen LogP contribution is 2.45. The predicted octanol–water partition coefficient (Wildman–Crippen LogP) is 8.72. The Balaban J connectivity index is 1.22. The number of carbonyl (C=O) groups excluding carboxylic acids is 1. The largest absolute Gasteiger partial charge is 0.458 e. The zero-order chi connectivity index (χ0) is 36.6. The summed E-state index contributed by atoms with van der Waals surface area (Å²) in [6, 6.07) is 41.0. The summed E-state index contributed by atoms with van der Waals surface area (Å²) in [4.78, 5) is 13.5. The van der Waals surface area contributed by atoms with Gasteiger partial charge < -0.3 is 23.4 Å². The maximum atomic E-state index is 13.5. The summed E-state index contributed by atoms with van der Waals surface area (Å²) in [7, 11) is -2.74. The molecule has 7 heteroatoms. The summed E-state index contributed by atoms with van der Waals surface area (Å²) in [5.41, 5.74) is 1.71. The smallest absolute Gasteiger partial charge is 0.338 e. The zero-order valence-electron chi connectivity index (χ0n) is 31.5. The monoisotopic (exact) mass is 720 g/mol. The fraction of sp³-hybridized carbons (Fsp3) is 0.444. The van der Waals surface area contributed by atoms with Gasteiger partial charge in [0.25, 0.3) is 8.32 Å². The maximum absolute atomic E-state index is 13.5. The van der Waals surface area contributed by atoms with E-state index in [1.807, 2.05) is 48.5 Å². The molecule has 0 bridgehead atoms. The molecule has 276 valence electrons. The SMILES string of the molecule is C[C@H]1[C@H](OC(=O)c2ccccc2)C[C@]2(CCC[C@H]([C@H](C)COCc3ccccc3)O2)O[C@@H]1CCO[Si](c1ccccc1)(c1ccccc1)C(C)(C)C. The minimum Gasteiger partial charge on any atom is -0.458 e. The van der Waals surface area contributed by atoms with E-state index in [9.17, 15) is 4.79 Å². The molecule has 2 heterocycles. The van der Waals surface area contributed by atoms with E-state index in [1.54, 1.807) is 0 Å². The van der Waals surface area contributed by atoms with Crippen LogP contribution in [0.2, 0.25) is 5.04 Å². The van der Waals surface area contributed by atoms with E-state index >= 15 is 0 Å². The predicted molar refractivity (Wildman–Crippen MR) is 209 cm³/mol. The Kier molecular flexibility index (Phi) is 12.5. The molecule has 1 spiro atoms. The first-order valence-electron chi connectivity index (χ1n) is 19.1. The molecule has 6 rings (SSSR count). The van der Waals surface area contributed by atoms with E-state index in [4.69, 9.17) is 23.4 Å².